The van der Waals surface area contributed by atoms with Gasteiger partial charge in [-0.1, -0.05) is 26.2 Å². The van der Waals surface area contributed by atoms with E-state index in [9.17, 15) is 14.7 Å². The number of carboxylic acids is 1. The van der Waals surface area contributed by atoms with E-state index >= 15 is 0 Å². The van der Waals surface area contributed by atoms with Gasteiger partial charge in [-0.15, -0.1) is 0 Å². The third kappa shape index (κ3) is 4.35. The van der Waals surface area contributed by atoms with Crippen LogP contribution < -0.4 is 10.6 Å². The van der Waals surface area contributed by atoms with Crippen LogP contribution in [0.2, 0.25) is 0 Å². The molecule has 2 aliphatic carbocycles. The summed E-state index contributed by atoms with van der Waals surface area (Å²) in [6, 6.07) is -0.228. The standard InChI is InChI=1S/C16H28N2O3/c1-12-5-8-16(9-6-12,14(19)20)11-18-15(21)17-10-7-13-3-2-4-13/h12-13H,2-11H2,1H3,(H,19,20)(H2,17,18,21). The molecule has 0 bridgehead atoms. The van der Waals surface area contributed by atoms with Gasteiger partial charge in [0, 0.05) is 13.1 Å². The maximum Gasteiger partial charge on any atom is 0.314 e. The van der Waals surface area contributed by atoms with Gasteiger partial charge in [0.05, 0.1) is 5.41 Å². The first-order chi connectivity index (χ1) is 10.0. The molecule has 0 radical (unpaired) electrons. The SMILES string of the molecule is CC1CCC(CNC(=O)NCCC2CCC2)(C(=O)O)CC1. The second-order valence-electron chi connectivity index (χ2n) is 6.96. The first-order valence-corrected chi connectivity index (χ1v) is 8.27. The number of carboxylic acid groups (broad SMARTS) is 1. The molecule has 0 unspecified atom stereocenters. The van der Waals surface area contributed by atoms with Crippen molar-refractivity contribution in [2.24, 2.45) is 17.3 Å². The first kappa shape index (κ1) is 16.1. The lowest BCUT2D eigenvalue weighted by Gasteiger charge is -2.35. The molecule has 21 heavy (non-hydrogen) atoms. The second kappa shape index (κ2) is 7.14. The monoisotopic (exact) mass is 296 g/mol. The zero-order valence-corrected chi connectivity index (χ0v) is 13.0. The highest BCUT2D eigenvalue weighted by molar-refractivity contribution is 5.78. The van der Waals surface area contributed by atoms with Gasteiger partial charge in [-0.2, -0.15) is 0 Å². The van der Waals surface area contributed by atoms with Crippen molar-refractivity contribution in [1.82, 2.24) is 10.6 Å². The van der Waals surface area contributed by atoms with Crippen molar-refractivity contribution in [3.8, 4) is 0 Å². The summed E-state index contributed by atoms with van der Waals surface area (Å²) in [5, 5.41) is 15.1. The van der Waals surface area contributed by atoms with Crippen molar-refractivity contribution in [1.29, 1.82) is 0 Å². The molecular weight excluding hydrogens is 268 g/mol. The maximum absolute atomic E-state index is 11.8. The van der Waals surface area contributed by atoms with Gasteiger partial charge in [0.15, 0.2) is 0 Å². The van der Waals surface area contributed by atoms with E-state index in [2.05, 4.69) is 17.6 Å². The van der Waals surface area contributed by atoms with Gasteiger partial charge in [-0.05, 0) is 43.9 Å². The average Bonchev–Trinajstić information content (AvgIpc) is 2.41. The van der Waals surface area contributed by atoms with Crippen LogP contribution >= 0.6 is 0 Å². The Morgan fingerprint density at radius 1 is 1.14 bits per heavy atom. The molecular formula is C16H28N2O3. The summed E-state index contributed by atoms with van der Waals surface area (Å²) in [5.41, 5.74) is -0.766. The van der Waals surface area contributed by atoms with Crippen molar-refractivity contribution < 1.29 is 14.7 Å². The Hall–Kier alpha value is -1.26. The molecule has 0 heterocycles. The van der Waals surface area contributed by atoms with Crippen LogP contribution in [0.15, 0.2) is 0 Å². The molecule has 0 spiro atoms. The van der Waals surface area contributed by atoms with E-state index in [1.165, 1.54) is 19.3 Å². The quantitative estimate of drug-likeness (QED) is 0.705. The number of aliphatic carboxylic acids is 1. The molecule has 0 aliphatic heterocycles. The number of carbonyl (C=O) groups excluding carboxylic acids is 1. The van der Waals surface area contributed by atoms with Crippen LogP contribution in [-0.2, 0) is 4.79 Å². The summed E-state index contributed by atoms with van der Waals surface area (Å²) in [5.74, 6) is 0.591. The Balaban J connectivity index is 1.70. The molecule has 0 aromatic rings. The molecule has 2 saturated carbocycles. The minimum atomic E-state index is -0.774. The Kier molecular flexibility index (Phi) is 5.48. The maximum atomic E-state index is 11.8. The highest BCUT2D eigenvalue weighted by Crippen LogP contribution is 2.38. The fraction of sp³-hybridized carbons (Fsp3) is 0.875. The number of rotatable bonds is 6. The Morgan fingerprint density at radius 3 is 2.33 bits per heavy atom. The number of carbonyl (C=O) groups is 2. The predicted molar refractivity (Wildman–Crippen MR) is 81.1 cm³/mol. The molecule has 2 amide bonds. The lowest BCUT2D eigenvalue weighted by molar-refractivity contribution is -0.151. The van der Waals surface area contributed by atoms with E-state index in [-0.39, 0.29) is 12.6 Å². The van der Waals surface area contributed by atoms with E-state index in [4.69, 9.17) is 0 Å². The highest BCUT2D eigenvalue weighted by atomic mass is 16.4. The summed E-state index contributed by atoms with van der Waals surface area (Å²) >= 11 is 0. The van der Waals surface area contributed by atoms with Crippen molar-refractivity contribution in [2.75, 3.05) is 13.1 Å². The normalized spacial score (nSPS) is 29.5. The van der Waals surface area contributed by atoms with Crippen LogP contribution in [0.4, 0.5) is 4.79 Å². The molecule has 2 rings (SSSR count). The van der Waals surface area contributed by atoms with Gasteiger partial charge in [0.2, 0.25) is 0 Å². The van der Waals surface area contributed by atoms with Crippen molar-refractivity contribution >= 4 is 12.0 Å². The van der Waals surface area contributed by atoms with Crippen LogP contribution in [0.1, 0.15) is 58.3 Å². The van der Waals surface area contributed by atoms with Gasteiger partial charge in [0.25, 0.3) is 0 Å². The smallest absolute Gasteiger partial charge is 0.314 e. The van der Waals surface area contributed by atoms with E-state index in [1.54, 1.807) is 0 Å². The summed E-state index contributed by atoms with van der Waals surface area (Å²) in [4.78, 5) is 23.4. The Labute approximate surface area is 126 Å². The van der Waals surface area contributed by atoms with Gasteiger partial charge in [-0.25, -0.2) is 4.79 Å². The van der Waals surface area contributed by atoms with E-state index in [0.29, 0.717) is 25.3 Å². The molecule has 2 fully saturated rings. The molecule has 0 aromatic heterocycles. The van der Waals surface area contributed by atoms with Gasteiger partial charge >= 0.3 is 12.0 Å². The molecule has 0 atom stereocenters. The third-order valence-electron chi connectivity index (χ3n) is 5.34. The topological polar surface area (TPSA) is 78.4 Å². The summed E-state index contributed by atoms with van der Waals surface area (Å²) < 4.78 is 0. The fourth-order valence-corrected chi connectivity index (χ4v) is 3.26. The minimum Gasteiger partial charge on any atom is -0.481 e. The number of hydrogen-bond donors (Lipinski definition) is 3. The number of hydrogen-bond acceptors (Lipinski definition) is 2. The van der Waals surface area contributed by atoms with E-state index in [1.807, 2.05) is 0 Å². The van der Waals surface area contributed by atoms with Gasteiger partial charge in [-0.3, -0.25) is 4.79 Å². The average molecular weight is 296 g/mol. The van der Waals surface area contributed by atoms with Crippen LogP contribution in [0, 0.1) is 17.3 Å². The highest BCUT2D eigenvalue weighted by Gasteiger charge is 2.41. The molecule has 0 saturated heterocycles. The zero-order chi connectivity index (χ0) is 15.3. The third-order valence-corrected chi connectivity index (χ3v) is 5.34. The van der Waals surface area contributed by atoms with Crippen molar-refractivity contribution in [3.63, 3.8) is 0 Å². The van der Waals surface area contributed by atoms with Crippen molar-refractivity contribution in [3.05, 3.63) is 0 Å². The Morgan fingerprint density at radius 2 is 1.81 bits per heavy atom. The van der Waals surface area contributed by atoms with E-state index < -0.39 is 11.4 Å². The van der Waals surface area contributed by atoms with Crippen LogP contribution in [0.3, 0.4) is 0 Å². The summed E-state index contributed by atoms with van der Waals surface area (Å²) in [6.07, 6.45) is 8.09. The minimum absolute atomic E-state index is 0.228. The second-order valence-corrected chi connectivity index (χ2v) is 6.96. The van der Waals surface area contributed by atoms with Gasteiger partial charge < -0.3 is 15.7 Å². The molecule has 5 heteroatoms. The lowest BCUT2D eigenvalue weighted by Crippen LogP contribution is -2.48. The van der Waals surface area contributed by atoms with Crippen LogP contribution in [0.5, 0.6) is 0 Å². The number of urea groups is 1. The van der Waals surface area contributed by atoms with Crippen molar-refractivity contribution in [2.45, 2.75) is 58.3 Å². The van der Waals surface area contributed by atoms with Crippen LogP contribution in [-0.4, -0.2) is 30.2 Å². The molecule has 0 aromatic carbocycles. The molecule has 120 valence electrons. The summed E-state index contributed by atoms with van der Waals surface area (Å²) in [7, 11) is 0. The zero-order valence-electron chi connectivity index (χ0n) is 13.0. The first-order valence-electron chi connectivity index (χ1n) is 8.27. The largest absolute Gasteiger partial charge is 0.481 e. The summed E-state index contributed by atoms with van der Waals surface area (Å²) in [6.45, 7) is 3.09. The number of nitrogens with one attached hydrogen (secondary N) is 2. The molecule has 2 aliphatic rings. The fourth-order valence-electron chi connectivity index (χ4n) is 3.26. The van der Waals surface area contributed by atoms with E-state index in [0.717, 1.165) is 25.2 Å². The number of amides is 2. The molecule has 5 nitrogen and oxygen atoms in total. The predicted octanol–water partition coefficient (Wildman–Crippen LogP) is 2.76. The van der Waals surface area contributed by atoms with Gasteiger partial charge in [0.1, 0.15) is 0 Å². The lowest BCUT2D eigenvalue weighted by atomic mass is 9.71. The molecule has 3 N–H and O–H groups in total. The van der Waals surface area contributed by atoms with Crippen LogP contribution in [0.25, 0.3) is 0 Å². The Bertz CT molecular complexity index is 372.